The lowest BCUT2D eigenvalue weighted by molar-refractivity contribution is -0.142. The van der Waals surface area contributed by atoms with E-state index in [2.05, 4.69) is 10.5 Å². The smallest absolute Gasteiger partial charge is 0.258 e. The predicted octanol–water partition coefficient (Wildman–Crippen LogP) is 2.92. The zero-order valence-electron chi connectivity index (χ0n) is 11.4. The van der Waals surface area contributed by atoms with Crippen LogP contribution in [0.1, 0.15) is 19.3 Å². The van der Waals surface area contributed by atoms with Crippen LogP contribution in [0.5, 0.6) is 5.75 Å². The van der Waals surface area contributed by atoms with Gasteiger partial charge in [-0.1, -0.05) is 28.4 Å². The van der Waals surface area contributed by atoms with Crippen molar-refractivity contribution in [3.63, 3.8) is 0 Å². The van der Waals surface area contributed by atoms with Crippen molar-refractivity contribution in [2.75, 3.05) is 6.61 Å². The number of rotatable bonds is 5. The van der Waals surface area contributed by atoms with E-state index < -0.39 is 5.82 Å². The first-order valence-electron chi connectivity index (χ1n) is 6.65. The van der Waals surface area contributed by atoms with Gasteiger partial charge in [-0.05, 0) is 31.4 Å². The van der Waals surface area contributed by atoms with Gasteiger partial charge in [-0.3, -0.25) is 4.79 Å². The molecule has 0 unspecified atom stereocenters. The van der Waals surface area contributed by atoms with Crippen molar-refractivity contribution in [2.45, 2.75) is 24.8 Å². The summed E-state index contributed by atoms with van der Waals surface area (Å²) >= 11 is 11.4. The van der Waals surface area contributed by atoms with E-state index in [1.165, 1.54) is 12.1 Å². The molecular formula is C14H13Cl2FN2O3. The molecule has 1 aromatic rings. The van der Waals surface area contributed by atoms with Crippen LogP contribution < -0.4 is 10.1 Å². The van der Waals surface area contributed by atoms with Crippen molar-refractivity contribution in [3.8, 4) is 5.75 Å². The van der Waals surface area contributed by atoms with Crippen molar-refractivity contribution >= 4 is 34.3 Å². The Morgan fingerprint density at radius 3 is 2.73 bits per heavy atom. The SMILES string of the molecule is O=C(COc1ccc(Cl)c(F)c1)NC12CC(C(Cl)=NO)(C1)C2. The maximum absolute atomic E-state index is 13.2. The van der Waals surface area contributed by atoms with E-state index in [1.807, 2.05) is 0 Å². The monoisotopic (exact) mass is 346 g/mol. The minimum Gasteiger partial charge on any atom is -0.484 e. The standard InChI is InChI=1S/C14H13Cl2FN2O3/c15-9-2-1-8(3-10(9)17)22-4-11(20)18-14-5-13(6-14,7-14)12(16)19-21/h1-3,21H,4-7H2,(H,18,20). The fourth-order valence-electron chi connectivity index (χ4n) is 3.29. The second-order valence-electron chi connectivity index (χ2n) is 5.89. The van der Waals surface area contributed by atoms with E-state index in [9.17, 15) is 9.18 Å². The Morgan fingerprint density at radius 1 is 1.45 bits per heavy atom. The molecule has 1 amide bonds. The van der Waals surface area contributed by atoms with Gasteiger partial charge in [0, 0.05) is 17.0 Å². The van der Waals surface area contributed by atoms with Crippen LogP contribution in [0.2, 0.25) is 5.02 Å². The third kappa shape index (κ3) is 2.50. The molecule has 3 fully saturated rings. The van der Waals surface area contributed by atoms with Crippen LogP contribution in [0.15, 0.2) is 23.4 Å². The molecule has 0 atom stereocenters. The molecule has 8 heteroatoms. The van der Waals surface area contributed by atoms with Crippen LogP contribution >= 0.6 is 23.2 Å². The minimum absolute atomic E-state index is 0.00149. The van der Waals surface area contributed by atoms with E-state index in [0.29, 0.717) is 19.3 Å². The van der Waals surface area contributed by atoms with Gasteiger partial charge < -0.3 is 15.3 Å². The molecule has 0 aliphatic heterocycles. The summed E-state index contributed by atoms with van der Waals surface area (Å²) in [4.78, 5) is 11.9. The molecule has 3 saturated carbocycles. The highest BCUT2D eigenvalue weighted by atomic mass is 35.5. The third-order valence-corrected chi connectivity index (χ3v) is 5.00. The number of nitrogens with one attached hydrogen (secondary N) is 1. The lowest BCUT2D eigenvalue weighted by Gasteiger charge is -2.69. The molecule has 1 aromatic carbocycles. The number of hydrogen-bond donors (Lipinski definition) is 2. The molecule has 0 spiro atoms. The van der Waals surface area contributed by atoms with Gasteiger partial charge in [0.1, 0.15) is 11.6 Å². The molecule has 22 heavy (non-hydrogen) atoms. The first kappa shape index (κ1) is 15.4. The van der Waals surface area contributed by atoms with E-state index >= 15 is 0 Å². The summed E-state index contributed by atoms with van der Waals surface area (Å²) in [5, 5.41) is 14.8. The Hall–Kier alpha value is -1.53. The Kier molecular flexibility index (Phi) is 3.69. The van der Waals surface area contributed by atoms with Gasteiger partial charge in [-0.15, -0.1) is 0 Å². The Labute approximate surface area is 136 Å². The van der Waals surface area contributed by atoms with Gasteiger partial charge in [-0.2, -0.15) is 0 Å². The summed E-state index contributed by atoms with van der Waals surface area (Å²) in [6.45, 7) is -0.211. The number of benzene rings is 1. The first-order chi connectivity index (χ1) is 10.4. The molecule has 2 bridgehead atoms. The van der Waals surface area contributed by atoms with E-state index in [0.717, 1.165) is 6.07 Å². The van der Waals surface area contributed by atoms with Gasteiger partial charge in [-0.25, -0.2) is 4.39 Å². The number of carbonyl (C=O) groups excluding carboxylic acids is 1. The fourth-order valence-corrected chi connectivity index (χ4v) is 3.61. The van der Waals surface area contributed by atoms with E-state index in [4.69, 9.17) is 33.1 Å². The molecule has 4 rings (SSSR count). The molecule has 0 saturated heterocycles. The highest BCUT2D eigenvalue weighted by Gasteiger charge is 2.70. The lowest BCUT2D eigenvalue weighted by Crippen LogP contribution is -2.76. The number of nitrogens with zero attached hydrogens (tertiary/aromatic N) is 1. The average Bonchev–Trinajstić information content (AvgIpc) is 2.41. The molecule has 0 aromatic heterocycles. The zero-order chi connectivity index (χ0) is 16.0. The van der Waals surface area contributed by atoms with Crippen molar-refractivity contribution < 1.29 is 19.1 Å². The molecule has 3 aliphatic rings. The zero-order valence-corrected chi connectivity index (χ0v) is 12.9. The predicted molar refractivity (Wildman–Crippen MR) is 79.1 cm³/mol. The summed E-state index contributed by atoms with van der Waals surface area (Å²) in [7, 11) is 0. The van der Waals surface area contributed by atoms with Gasteiger partial charge in [0.05, 0.1) is 5.02 Å². The van der Waals surface area contributed by atoms with E-state index in [-0.39, 0.29) is 39.4 Å². The average molecular weight is 347 g/mol. The third-order valence-electron chi connectivity index (χ3n) is 4.22. The Bertz CT molecular complexity index is 646. The first-order valence-corrected chi connectivity index (χ1v) is 7.41. The van der Waals surface area contributed by atoms with Crippen molar-refractivity contribution in [3.05, 3.63) is 29.0 Å². The number of halogens is 3. The molecule has 2 N–H and O–H groups in total. The normalized spacial score (nSPS) is 29.3. The second-order valence-corrected chi connectivity index (χ2v) is 6.66. The molecule has 0 radical (unpaired) electrons. The highest BCUT2D eigenvalue weighted by Crippen LogP contribution is 2.68. The van der Waals surface area contributed by atoms with Crippen LogP contribution in [-0.4, -0.2) is 28.4 Å². The molecular weight excluding hydrogens is 334 g/mol. The van der Waals surface area contributed by atoms with Gasteiger partial charge in [0.15, 0.2) is 11.8 Å². The summed E-state index contributed by atoms with van der Waals surface area (Å²) in [6, 6.07) is 3.99. The largest absolute Gasteiger partial charge is 0.484 e. The fraction of sp³-hybridized carbons (Fsp3) is 0.429. The topological polar surface area (TPSA) is 70.9 Å². The Morgan fingerprint density at radius 2 is 2.14 bits per heavy atom. The summed E-state index contributed by atoms with van der Waals surface area (Å²) < 4.78 is 18.5. The van der Waals surface area contributed by atoms with Crippen LogP contribution in [0.3, 0.4) is 0 Å². The molecule has 0 heterocycles. The van der Waals surface area contributed by atoms with Gasteiger partial charge in [0.25, 0.3) is 5.91 Å². The van der Waals surface area contributed by atoms with Crippen molar-refractivity contribution in [1.29, 1.82) is 0 Å². The van der Waals surface area contributed by atoms with Gasteiger partial charge >= 0.3 is 0 Å². The number of oxime groups is 1. The number of amides is 1. The second kappa shape index (κ2) is 5.28. The van der Waals surface area contributed by atoms with Gasteiger partial charge in [0.2, 0.25) is 0 Å². The van der Waals surface area contributed by atoms with Crippen LogP contribution in [0, 0.1) is 11.2 Å². The molecule has 118 valence electrons. The van der Waals surface area contributed by atoms with Crippen molar-refractivity contribution in [1.82, 2.24) is 5.32 Å². The number of carbonyl (C=O) groups is 1. The number of ether oxygens (including phenoxy) is 1. The summed E-state index contributed by atoms with van der Waals surface area (Å²) in [5.41, 5.74) is -0.555. The van der Waals surface area contributed by atoms with Crippen molar-refractivity contribution in [2.24, 2.45) is 10.6 Å². The minimum atomic E-state index is -0.598. The number of hydrogen-bond acceptors (Lipinski definition) is 4. The summed E-state index contributed by atoms with van der Waals surface area (Å²) in [6.07, 6.45) is 1.97. The summed E-state index contributed by atoms with van der Waals surface area (Å²) in [5.74, 6) is -0.652. The molecule has 5 nitrogen and oxygen atoms in total. The van der Waals surface area contributed by atoms with Crippen LogP contribution in [-0.2, 0) is 4.79 Å². The van der Waals surface area contributed by atoms with E-state index in [1.54, 1.807) is 0 Å². The maximum Gasteiger partial charge on any atom is 0.258 e. The Balaban J connectivity index is 1.48. The van der Waals surface area contributed by atoms with Crippen LogP contribution in [0.25, 0.3) is 0 Å². The maximum atomic E-state index is 13.2. The van der Waals surface area contributed by atoms with Crippen LogP contribution in [0.4, 0.5) is 4.39 Å². The molecule has 3 aliphatic carbocycles. The highest BCUT2D eigenvalue weighted by molar-refractivity contribution is 6.66. The quantitative estimate of drug-likeness (QED) is 0.489. The lowest BCUT2D eigenvalue weighted by atomic mass is 9.39.